The fourth-order valence-electron chi connectivity index (χ4n) is 1.62. The number of halogens is 1. The van der Waals surface area contributed by atoms with Crippen LogP contribution >= 0.6 is 22.9 Å². The average Bonchev–Trinajstić information content (AvgIpc) is 3.05. The van der Waals surface area contributed by atoms with Gasteiger partial charge in [0.25, 0.3) is 5.91 Å². The molecule has 0 spiro atoms. The van der Waals surface area contributed by atoms with Crippen molar-refractivity contribution in [1.82, 2.24) is 15.0 Å². The molecule has 8 heteroatoms. The molecule has 0 atom stereocenters. The molecular weight excluding hydrogens is 302 g/mol. The summed E-state index contributed by atoms with van der Waals surface area (Å²) < 4.78 is 10.6. The molecule has 2 rings (SSSR count). The second-order valence-corrected chi connectivity index (χ2v) is 5.68. The van der Waals surface area contributed by atoms with Crippen molar-refractivity contribution in [2.75, 3.05) is 13.7 Å². The minimum Gasteiger partial charge on any atom is -0.377 e. The Morgan fingerprint density at radius 2 is 2.35 bits per heavy atom. The van der Waals surface area contributed by atoms with Crippen molar-refractivity contribution >= 4 is 28.8 Å². The molecule has 1 amide bonds. The van der Waals surface area contributed by atoms with Gasteiger partial charge in [0.05, 0.1) is 9.21 Å². The highest BCUT2D eigenvalue weighted by atomic mass is 35.5. The Hall–Kier alpha value is -1.44. The molecule has 6 nitrogen and oxygen atoms in total. The summed E-state index contributed by atoms with van der Waals surface area (Å²) in [5.74, 6) is 0.746. The summed E-state index contributed by atoms with van der Waals surface area (Å²) in [5.41, 5.74) is 0. The van der Waals surface area contributed by atoms with E-state index in [1.165, 1.54) is 11.3 Å². The molecule has 0 bridgehead atoms. The fourth-order valence-corrected chi connectivity index (χ4v) is 2.63. The highest BCUT2D eigenvalue weighted by molar-refractivity contribution is 7.17. The maximum atomic E-state index is 12.3. The third-order valence-electron chi connectivity index (χ3n) is 2.56. The van der Waals surface area contributed by atoms with Gasteiger partial charge in [0.1, 0.15) is 13.2 Å². The Kier molecular flexibility index (Phi) is 5.11. The van der Waals surface area contributed by atoms with Crippen LogP contribution in [0.2, 0.25) is 4.34 Å². The number of carbonyl (C=O) groups excluding carboxylic acids is 1. The number of carbonyl (C=O) groups is 1. The van der Waals surface area contributed by atoms with Crippen molar-refractivity contribution in [3.63, 3.8) is 0 Å². The van der Waals surface area contributed by atoms with Crippen LogP contribution in [0, 0.1) is 0 Å². The number of hydrogen-bond acceptors (Lipinski definition) is 6. The van der Waals surface area contributed by atoms with Crippen LogP contribution in [0.5, 0.6) is 0 Å². The highest BCUT2D eigenvalue weighted by Crippen LogP contribution is 2.23. The fraction of sp³-hybridized carbons (Fsp3) is 0.417. The van der Waals surface area contributed by atoms with E-state index in [1.54, 1.807) is 24.1 Å². The van der Waals surface area contributed by atoms with Crippen LogP contribution in [0.3, 0.4) is 0 Å². The first-order valence-electron chi connectivity index (χ1n) is 5.99. The van der Waals surface area contributed by atoms with E-state index in [9.17, 15) is 4.79 Å². The van der Waals surface area contributed by atoms with E-state index in [1.807, 2.05) is 6.92 Å². The highest BCUT2D eigenvalue weighted by Gasteiger charge is 2.19. The summed E-state index contributed by atoms with van der Waals surface area (Å²) in [5, 5.41) is 3.76. The van der Waals surface area contributed by atoms with Gasteiger partial charge >= 0.3 is 0 Å². The Bertz CT molecular complexity index is 584. The van der Waals surface area contributed by atoms with Crippen LogP contribution in [0.25, 0.3) is 0 Å². The molecule has 2 aromatic rings. The second kappa shape index (κ2) is 6.83. The molecule has 2 heterocycles. The number of amides is 1. The van der Waals surface area contributed by atoms with E-state index in [0.717, 1.165) is 0 Å². The van der Waals surface area contributed by atoms with Gasteiger partial charge in [-0.15, -0.1) is 11.3 Å². The summed E-state index contributed by atoms with van der Waals surface area (Å²) in [6.07, 6.45) is 0. The number of hydrogen-bond donors (Lipinski definition) is 0. The predicted molar refractivity (Wildman–Crippen MR) is 74.8 cm³/mol. The molecule has 0 saturated carbocycles. The third-order valence-corrected chi connectivity index (χ3v) is 3.78. The smallest absolute Gasteiger partial charge is 0.264 e. The summed E-state index contributed by atoms with van der Waals surface area (Å²) in [6, 6.07) is 3.42. The zero-order valence-corrected chi connectivity index (χ0v) is 12.7. The average molecular weight is 316 g/mol. The number of aromatic nitrogens is 2. The number of nitrogens with zero attached hydrogens (tertiary/aromatic N) is 3. The topological polar surface area (TPSA) is 68.5 Å². The van der Waals surface area contributed by atoms with Gasteiger partial charge in [-0.3, -0.25) is 4.79 Å². The monoisotopic (exact) mass is 315 g/mol. The van der Waals surface area contributed by atoms with Crippen LogP contribution in [-0.2, 0) is 17.9 Å². The molecular formula is C12H14ClN3O3S. The van der Waals surface area contributed by atoms with E-state index in [2.05, 4.69) is 10.1 Å². The molecule has 20 heavy (non-hydrogen) atoms. The van der Waals surface area contributed by atoms with E-state index < -0.39 is 0 Å². The van der Waals surface area contributed by atoms with Crippen LogP contribution < -0.4 is 0 Å². The first-order valence-corrected chi connectivity index (χ1v) is 7.18. The maximum Gasteiger partial charge on any atom is 0.264 e. The lowest BCUT2D eigenvalue weighted by molar-refractivity contribution is 0.0739. The number of ether oxygens (including phenoxy) is 1. The molecule has 0 unspecified atom stereocenters. The molecule has 0 N–H and O–H groups in total. The van der Waals surface area contributed by atoms with Gasteiger partial charge in [0, 0.05) is 13.7 Å². The van der Waals surface area contributed by atoms with E-state index in [4.69, 9.17) is 20.9 Å². The Morgan fingerprint density at radius 1 is 1.55 bits per heavy atom. The van der Waals surface area contributed by atoms with Crippen molar-refractivity contribution in [3.05, 3.63) is 33.1 Å². The van der Waals surface area contributed by atoms with Crippen molar-refractivity contribution in [2.24, 2.45) is 0 Å². The van der Waals surface area contributed by atoms with Gasteiger partial charge in [-0.2, -0.15) is 4.98 Å². The zero-order chi connectivity index (χ0) is 14.5. The standard InChI is InChI=1S/C12H14ClN3O3S/c1-3-16(12(17)8-4-5-9(13)20-8)6-11-14-10(7-18-2)15-19-11/h4-5H,3,6-7H2,1-2H3. The first kappa shape index (κ1) is 15.0. The first-order chi connectivity index (χ1) is 9.63. The minimum absolute atomic E-state index is 0.101. The molecule has 0 aromatic carbocycles. The van der Waals surface area contributed by atoms with Crippen molar-refractivity contribution in [2.45, 2.75) is 20.1 Å². The number of rotatable bonds is 6. The quantitative estimate of drug-likeness (QED) is 0.819. The van der Waals surface area contributed by atoms with Crippen LogP contribution in [0.1, 0.15) is 28.3 Å². The molecule has 0 fully saturated rings. The Balaban J connectivity index is 2.06. The summed E-state index contributed by atoms with van der Waals surface area (Å²) in [6.45, 7) is 2.97. The molecule has 108 valence electrons. The Labute approximate surface area is 125 Å². The van der Waals surface area contributed by atoms with Crippen LogP contribution in [0.4, 0.5) is 0 Å². The lowest BCUT2D eigenvalue weighted by Crippen LogP contribution is -2.29. The van der Waals surface area contributed by atoms with Crippen LogP contribution in [-0.4, -0.2) is 34.6 Å². The third kappa shape index (κ3) is 3.56. The van der Waals surface area contributed by atoms with Crippen molar-refractivity contribution < 1.29 is 14.1 Å². The van der Waals surface area contributed by atoms with Gasteiger partial charge < -0.3 is 14.2 Å². The molecule has 0 aliphatic carbocycles. The van der Waals surface area contributed by atoms with E-state index >= 15 is 0 Å². The van der Waals surface area contributed by atoms with Crippen LogP contribution in [0.15, 0.2) is 16.7 Å². The van der Waals surface area contributed by atoms with Gasteiger partial charge in [0.2, 0.25) is 5.89 Å². The summed E-state index contributed by atoms with van der Waals surface area (Å²) in [4.78, 5) is 18.6. The SMILES string of the molecule is CCN(Cc1nc(COC)no1)C(=O)c1ccc(Cl)s1. The maximum absolute atomic E-state index is 12.3. The zero-order valence-electron chi connectivity index (χ0n) is 11.1. The normalized spacial score (nSPS) is 10.8. The van der Waals surface area contributed by atoms with Gasteiger partial charge in [-0.25, -0.2) is 0 Å². The van der Waals surface area contributed by atoms with E-state index in [-0.39, 0.29) is 19.1 Å². The van der Waals surface area contributed by atoms with Gasteiger partial charge in [-0.05, 0) is 19.1 Å². The lowest BCUT2D eigenvalue weighted by Gasteiger charge is -2.17. The minimum atomic E-state index is -0.101. The number of methoxy groups -OCH3 is 1. The van der Waals surface area contributed by atoms with Crippen molar-refractivity contribution in [1.29, 1.82) is 0 Å². The molecule has 0 aliphatic heterocycles. The largest absolute Gasteiger partial charge is 0.377 e. The summed E-state index contributed by atoms with van der Waals surface area (Å²) in [7, 11) is 1.55. The predicted octanol–water partition coefficient (Wildman–Crippen LogP) is 2.59. The second-order valence-electron chi connectivity index (χ2n) is 3.96. The lowest BCUT2D eigenvalue weighted by atomic mass is 10.4. The van der Waals surface area contributed by atoms with E-state index in [0.29, 0.717) is 27.5 Å². The Morgan fingerprint density at radius 3 is 2.95 bits per heavy atom. The molecule has 0 aliphatic rings. The van der Waals surface area contributed by atoms with Gasteiger partial charge in [0.15, 0.2) is 5.82 Å². The van der Waals surface area contributed by atoms with Gasteiger partial charge in [-0.1, -0.05) is 16.8 Å². The number of thiophene rings is 1. The molecule has 2 aromatic heterocycles. The van der Waals surface area contributed by atoms with Crippen molar-refractivity contribution in [3.8, 4) is 0 Å². The molecule has 0 saturated heterocycles. The molecule has 0 radical (unpaired) electrons. The summed E-state index contributed by atoms with van der Waals surface area (Å²) >= 11 is 7.09.